The molecule has 0 fully saturated rings. The van der Waals surface area contributed by atoms with Crippen molar-refractivity contribution in [1.29, 1.82) is 0 Å². The fourth-order valence-electron chi connectivity index (χ4n) is 2.85. The summed E-state index contributed by atoms with van der Waals surface area (Å²) in [5, 5.41) is 2.78. The van der Waals surface area contributed by atoms with Crippen molar-refractivity contribution in [3.63, 3.8) is 0 Å². The molecule has 2 atom stereocenters. The van der Waals surface area contributed by atoms with Gasteiger partial charge in [0.2, 0.25) is 0 Å². The minimum Gasteiger partial charge on any atom is -0.361 e. The smallest absolute Gasteiger partial charge is 0.361 e. The first-order valence-corrected chi connectivity index (χ1v) is 9.03. The lowest BCUT2D eigenvalue weighted by molar-refractivity contribution is -0.137. The van der Waals surface area contributed by atoms with Crippen LogP contribution >= 0.6 is 0 Å². The van der Waals surface area contributed by atoms with Crippen molar-refractivity contribution in [3.05, 3.63) is 53.8 Å². The molecule has 27 heavy (non-hydrogen) atoms. The molecule has 1 aromatic carbocycles. The number of rotatable bonds is 10. The zero-order chi connectivity index (χ0) is 20.4. The van der Waals surface area contributed by atoms with Crippen molar-refractivity contribution >= 4 is 12.0 Å². The summed E-state index contributed by atoms with van der Waals surface area (Å²) in [5.41, 5.74) is -0.0414. The number of benzene rings is 1. The normalized spacial score (nSPS) is 14.8. The summed E-state index contributed by atoms with van der Waals surface area (Å²) in [7, 11) is 3.63. The molecule has 0 heterocycles. The summed E-state index contributed by atoms with van der Waals surface area (Å²) in [6.07, 6.45) is 4.94. The number of alkyl halides is 3. The minimum atomic E-state index is -4.43. The number of nitrogens with one attached hydrogen (secondary N) is 1. The molecule has 2 unspecified atom stereocenters. The highest BCUT2D eigenvalue weighted by molar-refractivity contribution is 5.56. The highest BCUT2D eigenvalue weighted by Crippen LogP contribution is 2.35. The second-order valence-electron chi connectivity index (χ2n) is 6.94. The molecule has 6 heteroatoms. The van der Waals surface area contributed by atoms with Crippen LogP contribution in [0.1, 0.15) is 37.8 Å². The monoisotopic (exact) mass is 382 g/mol. The van der Waals surface area contributed by atoms with Crippen LogP contribution in [0.15, 0.2) is 42.6 Å². The Hall–Kier alpha value is -2.08. The predicted molar refractivity (Wildman–Crippen MR) is 104 cm³/mol. The van der Waals surface area contributed by atoms with Gasteiger partial charge in [-0.2, -0.15) is 13.2 Å². The van der Waals surface area contributed by atoms with E-state index in [9.17, 15) is 18.0 Å². The van der Waals surface area contributed by atoms with Gasteiger partial charge in [-0.3, -0.25) is 0 Å². The predicted octanol–water partition coefficient (Wildman–Crippen LogP) is 5.50. The van der Waals surface area contributed by atoms with Gasteiger partial charge in [0, 0.05) is 13.0 Å². The van der Waals surface area contributed by atoms with Gasteiger partial charge in [0.1, 0.15) is 6.29 Å². The average molecular weight is 382 g/mol. The van der Waals surface area contributed by atoms with E-state index in [2.05, 4.69) is 5.32 Å². The Morgan fingerprint density at radius 1 is 1.22 bits per heavy atom. The Morgan fingerprint density at radius 3 is 2.48 bits per heavy atom. The highest BCUT2D eigenvalue weighted by Gasteiger charge is 2.33. The molecule has 0 aliphatic carbocycles. The van der Waals surface area contributed by atoms with E-state index in [1.54, 1.807) is 12.3 Å². The number of aldehydes is 1. The third-order valence-corrected chi connectivity index (χ3v) is 4.26. The Kier molecular flexibility index (Phi) is 9.29. The zero-order valence-electron chi connectivity index (χ0n) is 16.4. The van der Waals surface area contributed by atoms with E-state index in [0.717, 1.165) is 12.7 Å². The van der Waals surface area contributed by atoms with E-state index in [-0.39, 0.29) is 17.5 Å². The number of halogens is 3. The molecule has 0 amide bonds. The van der Waals surface area contributed by atoms with Gasteiger partial charge in [-0.05, 0) is 63.2 Å². The summed E-state index contributed by atoms with van der Waals surface area (Å²) in [6.45, 7) is 4.36. The third-order valence-electron chi connectivity index (χ3n) is 4.26. The first kappa shape index (κ1) is 23.0. The number of allylic oxidation sites excluding steroid dienone is 3. The van der Waals surface area contributed by atoms with Gasteiger partial charge < -0.3 is 15.0 Å². The lowest BCUT2D eigenvalue weighted by Crippen LogP contribution is -2.14. The van der Waals surface area contributed by atoms with Crippen molar-refractivity contribution in [1.82, 2.24) is 4.90 Å². The number of nitrogens with zero attached hydrogens (tertiary/aromatic N) is 1. The van der Waals surface area contributed by atoms with E-state index >= 15 is 0 Å². The first-order chi connectivity index (χ1) is 12.7. The molecule has 0 saturated heterocycles. The van der Waals surface area contributed by atoms with Crippen LogP contribution < -0.4 is 5.32 Å². The SMILES string of the molecule is C/C=C/C(C=CNc1ccc(CN(C)C)cc1C(F)(F)F)C(C)CCC=O. The number of carbonyl (C=O) groups is 1. The van der Waals surface area contributed by atoms with Crippen molar-refractivity contribution in [3.8, 4) is 0 Å². The van der Waals surface area contributed by atoms with E-state index in [0.29, 0.717) is 18.5 Å². The fraction of sp³-hybridized carbons (Fsp3) is 0.476. The Morgan fingerprint density at radius 2 is 1.93 bits per heavy atom. The van der Waals surface area contributed by atoms with Crippen molar-refractivity contribution in [2.75, 3.05) is 19.4 Å². The number of hydrogen-bond donors (Lipinski definition) is 1. The molecule has 0 bridgehead atoms. The average Bonchev–Trinajstić information content (AvgIpc) is 2.58. The maximum absolute atomic E-state index is 13.4. The molecule has 3 nitrogen and oxygen atoms in total. The number of hydrogen-bond acceptors (Lipinski definition) is 3. The fourth-order valence-corrected chi connectivity index (χ4v) is 2.85. The standard InChI is InChI=1S/C21H29F3N2O/c1-5-7-18(16(2)8-6-13-27)11-12-25-20-10-9-17(15-26(3)4)14-19(20)21(22,23)24/h5,7,9-14,16,18,25H,6,8,15H2,1-4H3/b7-5+,12-11?. The van der Waals surface area contributed by atoms with Crippen molar-refractivity contribution in [2.24, 2.45) is 11.8 Å². The van der Waals surface area contributed by atoms with Crippen LogP contribution in [0.4, 0.5) is 18.9 Å². The van der Waals surface area contributed by atoms with Crippen LogP contribution in [0.25, 0.3) is 0 Å². The van der Waals surface area contributed by atoms with Crippen molar-refractivity contribution in [2.45, 2.75) is 39.4 Å². The van der Waals surface area contributed by atoms with Gasteiger partial charge in [0.05, 0.1) is 11.3 Å². The molecule has 0 aliphatic rings. The van der Waals surface area contributed by atoms with Crippen LogP contribution in [-0.4, -0.2) is 25.3 Å². The summed E-state index contributed by atoms with van der Waals surface area (Å²) in [4.78, 5) is 12.4. The van der Waals surface area contributed by atoms with Crippen LogP contribution in [0, 0.1) is 11.8 Å². The molecule has 0 saturated carbocycles. The zero-order valence-corrected chi connectivity index (χ0v) is 16.4. The summed E-state index contributed by atoms with van der Waals surface area (Å²) < 4.78 is 40.3. The second kappa shape index (κ2) is 10.9. The Bertz CT molecular complexity index is 651. The number of anilines is 1. The van der Waals surface area contributed by atoms with Crippen LogP contribution in [0.5, 0.6) is 0 Å². The molecule has 150 valence electrons. The second-order valence-corrected chi connectivity index (χ2v) is 6.94. The Labute approximate surface area is 159 Å². The first-order valence-electron chi connectivity index (χ1n) is 9.03. The molecule has 0 aromatic heterocycles. The lowest BCUT2D eigenvalue weighted by Gasteiger charge is -2.18. The van der Waals surface area contributed by atoms with Crippen LogP contribution in [-0.2, 0) is 17.5 Å². The summed E-state index contributed by atoms with van der Waals surface area (Å²) in [6, 6.07) is 4.35. The maximum atomic E-state index is 13.4. The Balaban J connectivity index is 2.98. The molecule has 0 aliphatic heterocycles. The van der Waals surface area contributed by atoms with Gasteiger partial charge >= 0.3 is 6.18 Å². The van der Waals surface area contributed by atoms with Crippen LogP contribution in [0.3, 0.4) is 0 Å². The highest BCUT2D eigenvalue weighted by atomic mass is 19.4. The summed E-state index contributed by atoms with van der Waals surface area (Å²) in [5.74, 6) is 0.263. The molecule has 1 aromatic rings. The van der Waals surface area contributed by atoms with Gasteiger partial charge in [-0.1, -0.05) is 31.2 Å². The van der Waals surface area contributed by atoms with Gasteiger partial charge in [0.15, 0.2) is 0 Å². The molecule has 1 N–H and O–H groups in total. The van der Waals surface area contributed by atoms with E-state index < -0.39 is 11.7 Å². The van der Waals surface area contributed by atoms with Gasteiger partial charge in [-0.25, -0.2) is 0 Å². The molecular formula is C21H29F3N2O. The molecule has 0 spiro atoms. The quantitative estimate of drug-likeness (QED) is 0.428. The largest absolute Gasteiger partial charge is 0.418 e. The minimum absolute atomic E-state index is 0.0287. The maximum Gasteiger partial charge on any atom is 0.418 e. The van der Waals surface area contributed by atoms with Crippen molar-refractivity contribution < 1.29 is 18.0 Å². The van der Waals surface area contributed by atoms with Crippen LogP contribution in [0.2, 0.25) is 0 Å². The molecular weight excluding hydrogens is 353 g/mol. The van der Waals surface area contributed by atoms with E-state index in [4.69, 9.17) is 0 Å². The lowest BCUT2D eigenvalue weighted by atomic mass is 9.90. The topological polar surface area (TPSA) is 32.3 Å². The molecule has 1 rings (SSSR count). The number of carbonyl (C=O) groups excluding carboxylic acids is 1. The summed E-state index contributed by atoms with van der Waals surface area (Å²) >= 11 is 0. The molecule has 0 radical (unpaired) electrons. The van der Waals surface area contributed by atoms with E-state index in [1.165, 1.54) is 12.1 Å². The van der Waals surface area contributed by atoms with E-state index in [1.807, 2.05) is 51.1 Å². The third kappa shape index (κ3) is 7.99. The van der Waals surface area contributed by atoms with Gasteiger partial charge in [0.25, 0.3) is 0 Å². The van der Waals surface area contributed by atoms with Gasteiger partial charge in [-0.15, -0.1) is 0 Å².